The van der Waals surface area contributed by atoms with Crippen molar-refractivity contribution >= 4 is 5.69 Å². The zero-order chi connectivity index (χ0) is 12.5. The van der Waals surface area contributed by atoms with E-state index in [9.17, 15) is 13.2 Å². The molecule has 1 aliphatic rings. The molecule has 2 atom stereocenters. The first-order chi connectivity index (χ1) is 7.97. The number of hydrogen-bond donors (Lipinski definition) is 1. The number of nitrogens with one attached hydrogen (secondary N) is 1. The lowest BCUT2D eigenvalue weighted by Gasteiger charge is -2.19. The molecule has 94 valence electrons. The molecule has 4 heteroatoms. The lowest BCUT2D eigenvalue weighted by molar-refractivity contribution is -0.137. The van der Waals surface area contributed by atoms with Crippen LogP contribution in [0.1, 0.15) is 31.7 Å². The Kier molecular flexibility index (Phi) is 3.31. The summed E-state index contributed by atoms with van der Waals surface area (Å²) in [4.78, 5) is 0. The first-order valence-corrected chi connectivity index (χ1v) is 5.90. The highest BCUT2D eigenvalue weighted by Crippen LogP contribution is 2.32. The summed E-state index contributed by atoms with van der Waals surface area (Å²) in [5.74, 6) is 0.532. The molecule has 1 aliphatic carbocycles. The molecular weight excluding hydrogens is 227 g/mol. The molecule has 0 amide bonds. The molecule has 0 radical (unpaired) electrons. The fourth-order valence-electron chi connectivity index (χ4n) is 2.36. The van der Waals surface area contributed by atoms with E-state index >= 15 is 0 Å². The van der Waals surface area contributed by atoms with Gasteiger partial charge in [-0.1, -0.05) is 19.4 Å². The Morgan fingerprint density at radius 3 is 2.59 bits per heavy atom. The molecule has 1 nitrogen and oxygen atoms in total. The predicted molar refractivity (Wildman–Crippen MR) is 61.9 cm³/mol. The Hall–Kier alpha value is -1.19. The van der Waals surface area contributed by atoms with Gasteiger partial charge >= 0.3 is 6.18 Å². The quantitative estimate of drug-likeness (QED) is 0.816. The van der Waals surface area contributed by atoms with Gasteiger partial charge in [-0.15, -0.1) is 0 Å². The molecule has 0 saturated heterocycles. The van der Waals surface area contributed by atoms with Crippen molar-refractivity contribution in [1.82, 2.24) is 0 Å². The Labute approximate surface area is 99.0 Å². The van der Waals surface area contributed by atoms with Crippen LogP contribution in [0.15, 0.2) is 24.3 Å². The highest BCUT2D eigenvalue weighted by atomic mass is 19.4. The largest absolute Gasteiger partial charge is 0.416 e. The maximum absolute atomic E-state index is 12.5. The highest BCUT2D eigenvalue weighted by molar-refractivity contribution is 5.47. The van der Waals surface area contributed by atoms with Crippen molar-refractivity contribution in [1.29, 1.82) is 0 Å². The first-order valence-electron chi connectivity index (χ1n) is 5.90. The minimum absolute atomic E-state index is 0.304. The molecule has 17 heavy (non-hydrogen) atoms. The van der Waals surface area contributed by atoms with Crippen molar-refractivity contribution in [3.63, 3.8) is 0 Å². The summed E-state index contributed by atoms with van der Waals surface area (Å²) in [6, 6.07) is 5.73. The fraction of sp³-hybridized carbons (Fsp3) is 0.538. The molecule has 0 spiro atoms. The predicted octanol–water partition coefficient (Wildman–Crippen LogP) is 4.31. The van der Waals surface area contributed by atoms with Gasteiger partial charge in [0.05, 0.1) is 5.56 Å². The second-order valence-corrected chi connectivity index (χ2v) is 4.74. The van der Waals surface area contributed by atoms with Gasteiger partial charge in [0.25, 0.3) is 0 Å². The smallest absolute Gasteiger partial charge is 0.382 e. The van der Waals surface area contributed by atoms with Crippen molar-refractivity contribution in [2.75, 3.05) is 5.32 Å². The van der Waals surface area contributed by atoms with Crippen molar-refractivity contribution in [3.05, 3.63) is 29.8 Å². The third-order valence-electron chi connectivity index (χ3n) is 3.40. The summed E-state index contributed by atoms with van der Waals surface area (Å²) in [5.41, 5.74) is -0.0216. The van der Waals surface area contributed by atoms with Crippen molar-refractivity contribution < 1.29 is 13.2 Å². The first kappa shape index (κ1) is 12.3. The van der Waals surface area contributed by atoms with Crippen molar-refractivity contribution in [3.8, 4) is 0 Å². The van der Waals surface area contributed by atoms with E-state index in [2.05, 4.69) is 12.2 Å². The van der Waals surface area contributed by atoms with E-state index in [1.54, 1.807) is 6.07 Å². The van der Waals surface area contributed by atoms with Gasteiger partial charge in [0, 0.05) is 11.7 Å². The van der Waals surface area contributed by atoms with Crippen LogP contribution in [-0.2, 0) is 6.18 Å². The van der Waals surface area contributed by atoms with E-state index in [1.165, 1.54) is 12.1 Å². The van der Waals surface area contributed by atoms with Crippen LogP contribution in [0.4, 0.5) is 18.9 Å². The SMILES string of the molecule is CC1CCCC1Nc1cccc(C(F)(F)F)c1. The molecule has 2 unspecified atom stereocenters. The summed E-state index contributed by atoms with van der Waals surface area (Å²) < 4.78 is 37.6. The molecule has 1 N–H and O–H groups in total. The zero-order valence-corrected chi connectivity index (χ0v) is 9.72. The van der Waals surface area contributed by atoms with Gasteiger partial charge in [-0.05, 0) is 37.0 Å². The fourth-order valence-corrected chi connectivity index (χ4v) is 2.36. The number of anilines is 1. The molecular formula is C13H16F3N. The van der Waals surface area contributed by atoms with Gasteiger partial charge in [-0.3, -0.25) is 0 Å². The number of benzene rings is 1. The second-order valence-electron chi connectivity index (χ2n) is 4.74. The molecule has 2 rings (SSSR count). The lowest BCUT2D eigenvalue weighted by Crippen LogP contribution is -2.22. The van der Waals surface area contributed by atoms with Gasteiger partial charge in [-0.2, -0.15) is 13.2 Å². The molecule has 0 aliphatic heterocycles. The molecule has 0 aromatic heterocycles. The van der Waals surface area contributed by atoms with Crippen molar-refractivity contribution in [2.24, 2.45) is 5.92 Å². The second kappa shape index (κ2) is 4.59. The molecule has 1 aromatic rings. The summed E-state index contributed by atoms with van der Waals surface area (Å²) in [7, 11) is 0. The lowest BCUT2D eigenvalue weighted by atomic mass is 10.1. The number of halogens is 3. The van der Waals surface area contributed by atoms with Crippen LogP contribution < -0.4 is 5.32 Å². The van der Waals surface area contributed by atoms with E-state index < -0.39 is 11.7 Å². The average Bonchev–Trinajstić information content (AvgIpc) is 2.64. The Morgan fingerprint density at radius 2 is 2.00 bits per heavy atom. The maximum Gasteiger partial charge on any atom is 0.416 e. The summed E-state index contributed by atoms with van der Waals surface area (Å²) in [5, 5.41) is 3.20. The Morgan fingerprint density at radius 1 is 1.24 bits per heavy atom. The Balaban J connectivity index is 2.11. The molecule has 1 fully saturated rings. The standard InChI is InChI=1S/C13H16F3N/c1-9-4-2-7-12(9)17-11-6-3-5-10(8-11)13(14,15)16/h3,5-6,8-9,12,17H,2,4,7H2,1H3. The van der Waals surface area contributed by atoms with Crippen LogP contribution in [0, 0.1) is 5.92 Å². The van der Waals surface area contributed by atoms with Crippen LogP contribution >= 0.6 is 0 Å². The van der Waals surface area contributed by atoms with E-state index in [4.69, 9.17) is 0 Å². The van der Waals surface area contributed by atoms with Gasteiger partial charge in [0.2, 0.25) is 0 Å². The topological polar surface area (TPSA) is 12.0 Å². The minimum atomic E-state index is -4.26. The third-order valence-corrected chi connectivity index (χ3v) is 3.40. The Bertz CT molecular complexity index is 386. The molecule has 0 heterocycles. The number of hydrogen-bond acceptors (Lipinski definition) is 1. The summed E-state index contributed by atoms with van der Waals surface area (Å²) in [6.45, 7) is 2.14. The van der Waals surface area contributed by atoms with Gasteiger partial charge in [0.1, 0.15) is 0 Å². The van der Waals surface area contributed by atoms with Crippen molar-refractivity contribution in [2.45, 2.75) is 38.4 Å². The minimum Gasteiger partial charge on any atom is -0.382 e. The van der Waals surface area contributed by atoms with Gasteiger partial charge in [0.15, 0.2) is 0 Å². The van der Waals surface area contributed by atoms with Crippen LogP contribution in [0.2, 0.25) is 0 Å². The average molecular weight is 243 g/mol. The van der Waals surface area contributed by atoms with E-state index in [0.717, 1.165) is 25.3 Å². The molecule has 1 aromatic carbocycles. The van der Waals surface area contributed by atoms with Gasteiger partial charge < -0.3 is 5.32 Å². The normalized spacial score (nSPS) is 24.9. The van der Waals surface area contributed by atoms with E-state index in [1.807, 2.05) is 0 Å². The van der Waals surface area contributed by atoms with Crippen LogP contribution in [0.3, 0.4) is 0 Å². The number of rotatable bonds is 2. The van der Waals surface area contributed by atoms with Crippen LogP contribution in [-0.4, -0.2) is 6.04 Å². The molecule has 0 bridgehead atoms. The summed E-state index contributed by atoms with van der Waals surface area (Å²) >= 11 is 0. The van der Waals surface area contributed by atoms with Crippen LogP contribution in [0.5, 0.6) is 0 Å². The van der Waals surface area contributed by atoms with E-state index in [0.29, 0.717) is 17.6 Å². The van der Waals surface area contributed by atoms with Crippen LogP contribution in [0.25, 0.3) is 0 Å². The monoisotopic (exact) mass is 243 g/mol. The zero-order valence-electron chi connectivity index (χ0n) is 9.72. The summed E-state index contributed by atoms with van der Waals surface area (Å²) in [6.07, 6.45) is -0.926. The molecule has 1 saturated carbocycles. The highest BCUT2D eigenvalue weighted by Gasteiger charge is 2.31. The van der Waals surface area contributed by atoms with E-state index in [-0.39, 0.29) is 0 Å². The maximum atomic E-state index is 12.5. The number of alkyl halides is 3. The third kappa shape index (κ3) is 2.93. The van der Waals surface area contributed by atoms with Gasteiger partial charge in [-0.25, -0.2) is 0 Å².